The summed E-state index contributed by atoms with van der Waals surface area (Å²) in [5, 5.41) is 0. The summed E-state index contributed by atoms with van der Waals surface area (Å²) in [6, 6.07) is 12.2. The van der Waals surface area contributed by atoms with Crippen molar-refractivity contribution in [1.82, 2.24) is 14.3 Å². The first-order chi connectivity index (χ1) is 10.5. The number of imidazole rings is 1. The molecule has 1 heterocycles. The Labute approximate surface area is 127 Å². The summed E-state index contributed by atoms with van der Waals surface area (Å²) < 4.78 is 38.9. The number of hydrogen-bond acceptors (Lipinski definition) is 3. The molecule has 0 spiro atoms. The Morgan fingerprint density at radius 1 is 1.14 bits per heavy atom. The molecule has 3 aromatic rings. The molecule has 0 atom stereocenters. The maximum absolute atomic E-state index is 12.9. The summed E-state index contributed by atoms with van der Waals surface area (Å²) >= 11 is 0. The van der Waals surface area contributed by atoms with Crippen molar-refractivity contribution in [2.45, 2.75) is 11.4 Å². The first kappa shape index (κ1) is 14.7. The van der Waals surface area contributed by atoms with Crippen LogP contribution in [0, 0.1) is 5.82 Å². The highest BCUT2D eigenvalue weighted by atomic mass is 32.2. The van der Waals surface area contributed by atoms with Gasteiger partial charge >= 0.3 is 0 Å². The second-order valence-electron chi connectivity index (χ2n) is 4.92. The van der Waals surface area contributed by atoms with Crippen molar-refractivity contribution in [2.24, 2.45) is 0 Å². The second-order valence-corrected chi connectivity index (χ2v) is 6.96. The average molecular weight is 319 g/mol. The minimum atomic E-state index is -3.68. The lowest BCUT2D eigenvalue weighted by Crippen LogP contribution is -2.27. The summed E-state index contributed by atoms with van der Waals surface area (Å²) in [6.45, 7) is 0.106. The van der Waals surface area contributed by atoms with E-state index in [1.807, 2.05) is 24.3 Å². The summed E-state index contributed by atoms with van der Waals surface area (Å²) in [6.07, 6.45) is 0. The van der Waals surface area contributed by atoms with Crippen molar-refractivity contribution in [1.29, 1.82) is 0 Å². The lowest BCUT2D eigenvalue weighted by Gasteiger charge is -2.15. The summed E-state index contributed by atoms with van der Waals surface area (Å²) in [4.78, 5) is 7.48. The van der Waals surface area contributed by atoms with E-state index in [1.54, 1.807) is 0 Å². The molecule has 0 saturated carbocycles. The van der Waals surface area contributed by atoms with Crippen LogP contribution in [0.4, 0.5) is 4.39 Å². The van der Waals surface area contributed by atoms with Crippen LogP contribution in [0.25, 0.3) is 11.0 Å². The van der Waals surface area contributed by atoms with Crippen molar-refractivity contribution < 1.29 is 12.8 Å². The molecule has 0 saturated heterocycles. The monoisotopic (exact) mass is 319 g/mol. The van der Waals surface area contributed by atoms with Crippen LogP contribution in [-0.2, 0) is 16.6 Å². The van der Waals surface area contributed by atoms with Crippen LogP contribution in [0.15, 0.2) is 53.4 Å². The molecule has 114 valence electrons. The molecule has 0 aliphatic heterocycles. The first-order valence-electron chi connectivity index (χ1n) is 6.62. The predicted molar refractivity (Wildman–Crippen MR) is 81.1 cm³/mol. The number of aromatic amines is 1. The number of para-hydroxylation sites is 2. The fourth-order valence-electron chi connectivity index (χ4n) is 2.16. The molecule has 0 aliphatic carbocycles. The largest absolute Gasteiger partial charge is 0.341 e. The summed E-state index contributed by atoms with van der Waals surface area (Å²) in [5.41, 5.74) is 1.63. The smallest absolute Gasteiger partial charge is 0.243 e. The van der Waals surface area contributed by atoms with Crippen LogP contribution in [0.1, 0.15) is 5.82 Å². The number of benzene rings is 2. The molecular formula is C15H14FN3O2S. The Morgan fingerprint density at radius 2 is 1.82 bits per heavy atom. The first-order valence-corrected chi connectivity index (χ1v) is 8.06. The van der Waals surface area contributed by atoms with Gasteiger partial charge in [-0.25, -0.2) is 17.8 Å². The van der Waals surface area contributed by atoms with Crippen molar-refractivity contribution in [3.05, 3.63) is 60.2 Å². The van der Waals surface area contributed by atoms with Gasteiger partial charge in [-0.1, -0.05) is 12.1 Å². The highest BCUT2D eigenvalue weighted by Crippen LogP contribution is 2.18. The van der Waals surface area contributed by atoms with Gasteiger partial charge in [0.25, 0.3) is 0 Å². The van der Waals surface area contributed by atoms with E-state index < -0.39 is 15.8 Å². The van der Waals surface area contributed by atoms with E-state index in [9.17, 15) is 12.8 Å². The van der Waals surface area contributed by atoms with Gasteiger partial charge in [0.1, 0.15) is 11.6 Å². The number of nitrogens with zero attached hydrogens (tertiary/aromatic N) is 2. The fourth-order valence-corrected chi connectivity index (χ4v) is 3.30. The van der Waals surface area contributed by atoms with Gasteiger partial charge in [0.15, 0.2) is 0 Å². The van der Waals surface area contributed by atoms with Crippen LogP contribution >= 0.6 is 0 Å². The van der Waals surface area contributed by atoms with Crippen molar-refractivity contribution in [2.75, 3.05) is 7.05 Å². The standard InChI is InChI=1S/C15H14FN3O2S/c1-19(22(20,21)12-8-6-11(16)7-9-12)10-15-17-13-4-2-3-5-14(13)18-15/h2-9H,10H2,1H3,(H,17,18). The zero-order valence-corrected chi connectivity index (χ0v) is 12.6. The third-order valence-corrected chi connectivity index (χ3v) is 5.15. The van der Waals surface area contributed by atoms with Crippen LogP contribution in [-0.4, -0.2) is 29.7 Å². The van der Waals surface area contributed by atoms with Gasteiger partial charge in [-0.05, 0) is 36.4 Å². The maximum atomic E-state index is 12.9. The van der Waals surface area contributed by atoms with Crippen LogP contribution in [0.5, 0.6) is 0 Å². The topological polar surface area (TPSA) is 66.1 Å². The van der Waals surface area contributed by atoms with Gasteiger partial charge < -0.3 is 4.98 Å². The van der Waals surface area contributed by atoms with E-state index in [2.05, 4.69) is 9.97 Å². The van der Waals surface area contributed by atoms with E-state index in [-0.39, 0.29) is 11.4 Å². The molecule has 0 fully saturated rings. The number of hydrogen-bond donors (Lipinski definition) is 1. The Morgan fingerprint density at radius 3 is 2.50 bits per heavy atom. The molecule has 2 aromatic carbocycles. The molecule has 0 radical (unpaired) electrons. The Bertz CT molecular complexity index is 871. The number of nitrogens with one attached hydrogen (secondary N) is 1. The molecule has 22 heavy (non-hydrogen) atoms. The molecule has 5 nitrogen and oxygen atoms in total. The van der Waals surface area contributed by atoms with Gasteiger partial charge in [-0.2, -0.15) is 4.31 Å². The molecule has 0 amide bonds. The van der Waals surface area contributed by atoms with E-state index in [0.29, 0.717) is 5.82 Å². The number of aromatic nitrogens is 2. The highest BCUT2D eigenvalue weighted by molar-refractivity contribution is 7.89. The zero-order valence-electron chi connectivity index (χ0n) is 11.8. The molecule has 1 N–H and O–H groups in total. The van der Waals surface area contributed by atoms with Gasteiger partial charge in [-0.3, -0.25) is 0 Å². The third kappa shape index (κ3) is 2.72. The summed E-state index contributed by atoms with van der Waals surface area (Å²) in [5.74, 6) is 0.0771. The van der Waals surface area contributed by atoms with Gasteiger partial charge in [0.05, 0.1) is 22.5 Å². The van der Waals surface area contributed by atoms with Crippen LogP contribution in [0.2, 0.25) is 0 Å². The molecule has 3 rings (SSSR count). The molecule has 7 heteroatoms. The molecule has 0 unspecified atom stereocenters. The van der Waals surface area contributed by atoms with Gasteiger partial charge in [0.2, 0.25) is 10.0 Å². The Kier molecular flexibility index (Phi) is 3.67. The second kappa shape index (κ2) is 5.51. The van der Waals surface area contributed by atoms with Crippen LogP contribution in [0.3, 0.4) is 0 Å². The molecule has 0 bridgehead atoms. The number of H-pyrrole nitrogens is 1. The average Bonchev–Trinajstić information content (AvgIpc) is 2.89. The van der Waals surface area contributed by atoms with Crippen molar-refractivity contribution in [3.63, 3.8) is 0 Å². The normalized spacial score (nSPS) is 12.1. The third-order valence-electron chi connectivity index (χ3n) is 3.33. The lowest BCUT2D eigenvalue weighted by molar-refractivity contribution is 0.458. The SMILES string of the molecule is CN(Cc1nc2ccccc2[nH]1)S(=O)(=O)c1ccc(F)cc1. The quantitative estimate of drug-likeness (QED) is 0.803. The minimum Gasteiger partial charge on any atom is -0.341 e. The predicted octanol–water partition coefficient (Wildman–Crippen LogP) is 2.52. The van der Waals surface area contributed by atoms with Gasteiger partial charge in [-0.15, -0.1) is 0 Å². The fraction of sp³-hybridized carbons (Fsp3) is 0.133. The van der Waals surface area contributed by atoms with Crippen LogP contribution < -0.4 is 0 Å². The lowest BCUT2D eigenvalue weighted by atomic mass is 10.3. The zero-order chi connectivity index (χ0) is 15.7. The number of sulfonamides is 1. The molecular weight excluding hydrogens is 305 g/mol. The number of fused-ring (bicyclic) bond motifs is 1. The van der Waals surface area contributed by atoms with E-state index in [4.69, 9.17) is 0 Å². The number of halogens is 1. The van der Waals surface area contributed by atoms with E-state index >= 15 is 0 Å². The van der Waals surface area contributed by atoms with Crippen molar-refractivity contribution in [3.8, 4) is 0 Å². The highest BCUT2D eigenvalue weighted by Gasteiger charge is 2.22. The van der Waals surface area contributed by atoms with E-state index in [1.165, 1.54) is 23.5 Å². The van der Waals surface area contributed by atoms with Crippen molar-refractivity contribution >= 4 is 21.1 Å². The molecule has 1 aromatic heterocycles. The minimum absolute atomic E-state index is 0.0486. The maximum Gasteiger partial charge on any atom is 0.243 e. The van der Waals surface area contributed by atoms with Gasteiger partial charge in [0, 0.05) is 7.05 Å². The Balaban J connectivity index is 1.86. The number of rotatable bonds is 4. The molecule has 0 aliphatic rings. The van der Waals surface area contributed by atoms with E-state index in [0.717, 1.165) is 23.2 Å². The summed E-state index contributed by atoms with van der Waals surface area (Å²) in [7, 11) is -2.22. The Hall–Kier alpha value is -2.25.